The van der Waals surface area contributed by atoms with Crippen LogP contribution < -0.4 is 11.3 Å². The normalized spacial score (nSPS) is 19.3. The predicted molar refractivity (Wildman–Crippen MR) is 74.8 cm³/mol. The maximum absolute atomic E-state index is 12.6. The van der Waals surface area contributed by atoms with Gasteiger partial charge in [-0.3, -0.25) is 10.6 Å². The van der Waals surface area contributed by atoms with Crippen LogP contribution >= 0.6 is 0 Å². The summed E-state index contributed by atoms with van der Waals surface area (Å²) in [5.74, 6) is 5.35. The van der Waals surface area contributed by atoms with E-state index in [1.807, 2.05) is 13.0 Å². The van der Waals surface area contributed by atoms with Crippen molar-refractivity contribution in [3.8, 4) is 0 Å². The van der Waals surface area contributed by atoms with Crippen LogP contribution in [0.4, 0.5) is 5.69 Å². The fourth-order valence-electron chi connectivity index (χ4n) is 2.61. The first-order valence-corrected chi connectivity index (χ1v) is 6.66. The zero-order valence-electron chi connectivity index (χ0n) is 11.2. The Hall–Kier alpha value is -1.59. The average Bonchev–Trinajstić information content (AvgIpc) is 2.46. The van der Waals surface area contributed by atoms with Crippen LogP contribution in [-0.2, 0) is 0 Å². The van der Waals surface area contributed by atoms with E-state index >= 15 is 0 Å². The number of hydrogen-bond donors (Lipinski definition) is 3. The van der Waals surface area contributed by atoms with Crippen molar-refractivity contribution in [2.75, 3.05) is 18.6 Å². The lowest BCUT2D eigenvalue weighted by atomic mass is 10.00. The van der Waals surface area contributed by atoms with Gasteiger partial charge in [0, 0.05) is 17.8 Å². The molecule has 0 radical (unpaired) electrons. The van der Waals surface area contributed by atoms with E-state index in [-0.39, 0.29) is 18.6 Å². The number of anilines is 1. The predicted octanol–water partition coefficient (Wildman–Crippen LogP) is 1.27. The largest absolute Gasteiger partial charge is 0.394 e. The molecule has 1 aromatic carbocycles. The zero-order valence-corrected chi connectivity index (χ0v) is 11.2. The van der Waals surface area contributed by atoms with Crippen molar-refractivity contribution >= 4 is 11.6 Å². The minimum absolute atomic E-state index is 0.000165. The fourth-order valence-corrected chi connectivity index (χ4v) is 2.61. The third kappa shape index (κ3) is 2.88. The molecule has 0 aliphatic carbocycles. The second kappa shape index (κ2) is 6.04. The van der Waals surface area contributed by atoms with Crippen LogP contribution in [0.25, 0.3) is 0 Å². The fraction of sp³-hybridized carbons (Fsp3) is 0.500. The zero-order chi connectivity index (χ0) is 13.8. The summed E-state index contributed by atoms with van der Waals surface area (Å²) in [4.78, 5) is 14.3. The van der Waals surface area contributed by atoms with Crippen LogP contribution in [0.3, 0.4) is 0 Å². The summed E-state index contributed by atoms with van der Waals surface area (Å²) in [6.45, 7) is 2.65. The molecule has 0 bridgehead atoms. The number of piperidine rings is 1. The van der Waals surface area contributed by atoms with Gasteiger partial charge in [0.1, 0.15) is 0 Å². The van der Waals surface area contributed by atoms with E-state index in [2.05, 4.69) is 5.43 Å². The molecule has 1 aliphatic rings. The van der Waals surface area contributed by atoms with Gasteiger partial charge in [0.25, 0.3) is 5.91 Å². The molecule has 1 amide bonds. The summed E-state index contributed by atoms with van der Waals surface area (Å²) in [6, 6.07) is 5.38. The van der Waals surface area contributed by atoms with Crippen LogP contribution in [0.15, 0.2) is 18.2 Å². The molecule has 1 unspecified atom stereocenters. The average molecular weight is 263 g/mol. The molecule has 104 valence electrons. The Morgan fingerprint density at radius 2 is 2.32 bits per heavy atom. The lowest BCUT2D eigenvalue weighted by Crippen LogP contribution is -2.45. The number of hydrazine groups is 1. The first-order chi connectivity index (χ1) is 9.17. The van der Waals surface area contributed by atoms with Crippen molar-refractivity contribution in [3.63, 3.8) is 0 Å². The highest BCUT2D eigenvalue weighted by atomic mass is 16.3. The molecule has 19 heavy (non-hydrogen) atoms. The van der Waals surface area contributed by atoms with E-state index in [1.165, 1.54) is 0 Å². The number of nitrogen functional groups attached to an aromatic ring is 1. The minimum atomic E-state index is -0.0482. The maximum Gasteiger partial charge on any atom is 0.254 e. The van der Waals surface area contributed by atoms with Gasteiger partial charge in [-0.1, -0.05) is 0 Å². The second-order valence-electron chi connectivity index (χ2n) is 5.00. The lowest BCUT2D eigenvalue weighted by molar-refractivity contribution is 0.0502. The Kier molecular flexibility index (Phi) is 4.39. The van der Waals surface area contributed by atoms with Crippen LogP contribution in [0, 0.1) is 6.92 Å². The summed E-state index contributed by atoms with van der Waals surface area (Å²) in [5.41, 5.74) is 4.92. The van der Waals surface area contributed by atoms with Crippen molar-refractivity contribution in [2.45, 2.75) is 32.2 Å². The molecule has 0 saturated carbocycles. The van der Waals surface area contributed by atoms with Gasteiger partial charge < -0.3 is 15.4 Å². The number of hydrogen-bond acceptors (Lipinski definition) is 4. The first kappa shape index (κ1) is 13.8. The van der Waals surface area contributed by atoms with Crippen molar-refractivity contribution in [1.82, 2.24) is 4.90 Å². The Balaban J connectivity index is 2.23. The number of nitrogens with zero attached hydrogens (tertiary/aromatic N) is 1. The quantitative estimate of drug-likeness (QED) is 0.567. The van der Waals surface area contributed by atoms with Gasteiger partial charge in [0.05, 0.1) is 12.6 Å². The Labute approximate surface area is 113 Å². The summed E-state index contributed by atoms with van der Waals surface area (Å²) >= 11 is 0. The van der Waals surface area contributed by atoms with Crippen molar-refractivity contribution in [2.24, 2.45) is 5.84 Å². The van der Waals surface area contributed by atoms with Gasteiger partial charge in [0.15, 0.2) is 0 Å². The van der Waals surface area contributed by atoms with Gasteiger partial charge >= 0.3 is 0 Å². The van der Waals surface area contributed by atoms with Gasteiger partial charge in [0.2, 0.25) is 0 Å². The molecule has 1 aliphatic heterocycles. The SMILES string of the molecule is Cc1cc(NN)ccc1C(=O)N1CCCCC1CO. The molecular weight excluding hydrogens is 242 g/mol. The van der Waals surface area contributed by atoms with E-state index in [4.69, 9.17) is 5.84 Å². The van der Waals surface area contributed by atoms with Gasteiger partial charge in [-0.25, -0.2) is 0 Å². The minimum Gasteiger partial charge on any atom is -0.394 e. The van der Waals surface area contributed by atoms with E-state index in [1.54, 1.807) is 17.0 Å². The van der Waals surface area contributed by atoms with Crippen molar-refractivity contribution < 1.29 is 9.90 Å². The summed E-state index contributed by atoms with van der Waals surface area (Å²) in [7, 11) is 0. The number of aryl methyl sites for hydroxylation is 1. The highest BCUT2D eigenvalue weighted by molar-refractivity contribution is 5.96. The monoisotopic (exact) mass is 263 g/mol. The summed E-state index contributed by atoms with van der Waals surface area (Å²) in [5, 5.41) is 9.39. The molecule has 5 heteroatoms. The number of benzene rings is 1. The van der Waals surface area contributed by atoms with E-state index < -0.39 is 0 Å². The van der Waals surface area contributed by atoms with Gasteiger partial charge in [-0.15, -0.1) is 0 Å². The molecular formula is C14H21N3O2. The number of likely N-dealkylation sites (tertiary alicyclic amines) is 1. The molecule has 1 fully saturated rings. The number of carbonyl (C=O) groups is 1. The molecule has 5 nitrogen and oxygen atoms in total. The number of nitrogens with one attached hydrogen (secondary N) is 1. The second-order valence-corrected chi connectivity index (χ2v) is 5.00. The third-order valence-electron chi connectivity index (χ3n) is 3.72. The molecule has 1 atom stereocenters. The number of carbonyl (C=O) groups excluding carboxylic acids is 1. The molecule has 1 saturated heterocycles. The van der Waals surface area contributed by atoms with E-state index in [9.17, 15) is 9.90 Å². The molecule has 1 aromatic rings. The molecule has 4 N–H and O–H groups in total. The maximum atomic E-state index is 12.6. The summed E-state index contributed by atoms with van der Waals surface area (Å²) in [6.07, 6.45) is 2.96. The third-order valence-corrected chi connectivity index (χ3v) is 3.72. The number of nitrogens with two attached hydrogens (primary N) is 1. The van der Waals surface area contributed by atoms with Crippen molar-refractivity contribution in [1.29, 1.82) is 0 Å². The number of aliphatic hydroxyl groups is 1. The highest BCUT2D eigenvalue weighted by Crippen LogP contribution is 2.22. The molecule has 0 spiro atoms. The Morgan fingerprint density at radius 3 is 2.95 bits per heavy atom. The highest BCUT2D eigenvalue weighted by Gasteiger charge is 2.27. The van der Waals surface area contributed by atoms with Crippen LogP contribution in [0.2, 0.25) is 0 Å². The number of rotatable bonds is 3. The summed E-state index contributed by atoms with van der Waals surface area (Å²) < 4.78 is 0. The topological polar surface area (TPSA) is 78.6 Å². The van der Waals surface area contributed by atoms with Crippen LogP contribution in [-0.4, -0.2) is 35.1 Å². The molecule has 2 rings (SSSR count). The van der Waals surface area contributed by atoms with Crippen molar-refractivity contribution in [3.05, 3.63) is 29.3 Å². The lowest BCUT2D eigenvalue weighted by Gasteiger charge is -2.35. The van der Waals surface area contributed by atoms with E-state index in [0.29, 0.717) is 5.56 Å². The Morgan fingerprint density at radius 1 is 1.53 bits per heavy atom. The Bertz CT molecular complexity index is 462. The smallest absolute Gasteiger partial charge is 0.254 e. The van der Waals surface area contributed by atoms with Crippen LogP contribution in [0.5, 0.6) is 0 Å². The van der Waals surface area contributed by atoms with Gasteiger partial charge in [-0.05, 0) is 49.9 Å². The number of aliphatic hydroxyl groups excluding tert-OH is 1. The first-order valence-electron chi connectivity index (χ1n) is 6.66. The van der Waals surface area contributed by atoms with Gasteiger partial charge in [-0.2, -0.15) is 0 Å². The standard InChI is InChI=1S/C14H21N3O2/c1-10-8-11(16-15)5-6-13(10)14(19)17-7-3-2-4-12(17)9-18/h5-6,8,12,16,18H,2-4,7,9,15H2,1H3. The van der Waals surface area contributed by atoms with E-state index in [0.717, 1.165) is 37.1 Å². The van der Waals surface area contributed by atoms with Crippen LogP contribution in [0.1, 0.15) is 35.2 Å². The number of amides is 1. The molecule has 1 heterocycles. The molecule has 0 aromatic heterocycles.